The third-order valence-electron chi connectivity index (χ3n) is 2.74. The predicted molar refractivity (Wildman–Crippen MR) is 78.5 cm³/mol. The monoisotopic (exact) mass is 294 g/mol. The van der Waals surface area contributed by atoms with Crippen molar-refractivity contribution in [3.8, 4) is 11.8 Å². The molecular weight excluding hydrogens is 276 g/mol. The van der Waals surface area contributed by atoms with Crippen LogP contribution in [0.4, 0.5) is 0 Å². The Bertz CT molecular complexity index is 483. The lowest BCUT2D eigenvalue weighted by molar-refractivity contribution is -0.120. The van der Waals surface area contributed by atoms with Crippen LogP contribution in [0, 0.1) is 11.3 Å². The van der Waals surface area contributed by atoms with Crippen molar-refractivity contribution in [2.24, 2.45) is 0 Å². The smallest absolute Gasteiger partial charge is 0.234 e. The van der Waals surface area contributed by atoms with E-state index in [2.05, 4.69) is 12.2 Å². The molecule has 1 N–H and O–H groups in total. The van der Waals surface area contributed by atoms with Gasteiger partial charge in [-0.25, -0.2) is 0 Å². The maximum absolute atomic E-state index is 11.3. The number of rotatable bonds is 8. The van der Waals surface area contributed by atoms with E-state index in [0.717, 1.165) is 30.6 Å². The van der Waals surface area contributed by atoms with Gasteiger partial charge in [0.15, 0.2) is 0 Å². The number of ether oxygens (including phenoxy) is 1. The maximum atomic E-state index is 11.3. The van der Waals surface area contributed by atoms with Crippen molar-refractivity contribution < 1.29 is 9.53 Å². The number of nitrogens with one attached hydrogen (secondary N) is 1. The van der Waals surface area contributed by atoms with Gasteiger partial charge in [-0.15, -0.1) is 0 Å². The van der Waals surface area contributed by atoms with E-state index in [1.807, 2.05) is 6.07 Å². The Hall–Kier alpha value is -1.73. The van der Waals surface area contributed by atoms with E-state index in [1.165, 1.54) is 0 Å². The Morgan fingerprint density at radius 3 is 2.95 bits per heavy atom. The largest absolute Gasteiger partial charge is 0.493 e. The van der Waals surface area contributed by atoms with E-state index in [9.17, 15) is 4.79 Å². The van der Waals surface area contributed by atoms with Gasteiger partial charge in [0.05, 0.1) is 12.7 Å². The summed E-state index contributed by atoms with van der Waals surface area (Å²) in [5.74, 6) is 0.423. The van der Waals surface area contributed by atoms with Gasteiger partial charge in [-0.3, -0.25) is 4.79 Å². The van der Waals surface area contributed by atoms with Gasteiger partial charge in [-0.05, 0) is 24.6 Å². The summed E-state index contributed by atoms with van der Waals surface area (Å²) in [6.07, 6.45) is 3.12. The molecule has 0 saturated heterocycles. The molecule has 0 radical (unpaired) electrons. The molecule has 0 spiro atoms. The second-order valence-electron chi connectivity index (χ2n) is 4.42. The van der Waals surface area contributed by atoms with Crippen molar-refractivity contribution >= 4 is 17.5 Å². The number of carbonyl (C=O) groups is 1. The van der Waals surface area contributed by atoms with Gasteiger partial charge in [0.2, 0.25) is 5.91 Å². The molecule has 0 aliphatic heterocycles. The zero-order valence-corrected chi connectivity index (χ0v) is 12.4. The number of nitriles is 1. The molecule has 0 fully saturated rings. The molecule has 108 valence electrons. The fourth-order valence-electron chi connectivity index (χ4n) is 1.69. The molecule has 0 aliphatic carbocycles. The van der Waals surface area contributed by atoms with Crippen molar-refractivity contribution in [3.63, 3.8) is 0 Å². The van der Waals surface area contributed by atoms with Gasteiger partial charge < -0.3 is 10.1 Å². The molecule has 1 aromatic rings. The lowest BCUT2D eigenvalue weighted by Gasteiger charge is -2.12. The van der Waals surface area contributed by atoms with Gasteiger partial charge in [-0.2, -0.15) is 5.26 Å². The number of unbranched alkanes of at least 4 members (excludes halogenated alkanes) is 2. The quantitative estimate of drug-likeness (QED) is 0.747. The lowest BCUT2D eigenvalue weighted by Crippen LogP contribution is -2.22. The molecule has 20 heavy (non-hydrogen) atoms. The van der Waals surface area contributed by atoms with E-state index >= 15 is 0 Å². The Morgan fingerprint density at radius 2 is 2.25 bits per heavy atom. The first-order valence-electron chi connectivity index (χ1n) is 6.72. The van der Waals surface area contributed by atoms with Crippen LogP contribution in [0.3, 0.4) is 0 Å². The standard InChI is InChI=1S/C15H19ClN2O2/c1-2-3-4-9-20-14-6-5-13(16)10-12(14)11-18-15(19)7-8-17/h5-6,10H,2-4,7,9,11H2,1H3,(H,18,19). The van der Waals surface area contributed by atoms with Gasteiger partial charge in [0, 0.05) is 17.1 Å². The van der Waals surface area contributed by atoms with Gasteiger partial charge in [0.25, 0.3) is 0 Å². The van der Waals surface area contributed by atoms with E-state index in [1.54, 1.807) is 18.2 Å². The van der Waals surface area contributed by atoms with E-state index in [4.69, 9.17) is 21.6 Å². The number of nitrogens with zero attached hydrogens (tertiary/aromatic N) is 1. The van der Waals surface area contributed by atoms with Crippen LogP contribution in [0.2, 0.25) is 5.02 Å². The number of carbonyl (C=O) groups excluding carboxylic acids is 1. The summed E-state index contributed by atoms with van der Waals surface area (Å²) in [6, 6.07) is 7.14. The molecule has 0 atom stereocenters. The number of halogens is 1. The first-order chi connectivity index (χ1) is 9.67. The Kier molecular flexibility index (Phi) is 7.52. The third kappa shape index (κ3) is 5.94. The normalized spacial score (nSPS) is 9.85. The number of hydrogen-bond acceptors (Lipinski definition) is 3. The Balaban J connectivity index is 2.60. The summed E-state index contributed by atoms with van der Waals surface area (Å²) in [4.78, 5) is 11.3. The lowest BCUT2D eigenvalue weighted by atomic mass is 10.2. The van der Waals surface area contributed by atoms with Crippen molar-refractivity contribution in [2.75, 3.05) is 6.61 Å². The van der Waals surface area contributed by atoms with Crippen molar-refractivity contribution in [1.29, 1.82) is 5.26 Å². The van der Waals surface area contributed by atoms with Crippen LogP contribution in [-0.4, -0.2) is 12.5 Å². The molecule has 0 aromatic heterocycles. The average molecular weight is 295 g/mol. The van der Waals surface area contributed by atoms with Crippen LogP contribution in [0.1, 0.15) is 38.2 Å². The maximum Gasteiger partial charge on any atom is 0.234 e. The molecule has 1 aromatic carbocycles. The van der Waals surface area contributed by atoms with Crippen LogP contribution >= 0.6 is 11.6 Å². The molecule has 1 amide bonds. The minimum Gasteiger partial charge on any atom is -0.493 e. The highest BCUT2D eigenvalue weighted by molar-refractivity contribution is 6.30. The molecule has 4 nitrogen and oxygen atoms in total. The second kappa shape index (κ2) is 9.22. The Morgan fingerprint density at radius 1 is 1.45 bits per heavy atom. The van der Waals surface area contributed by atoms with Crippen LogP contribution in [-0.2, 0) is 11.3 Å². The summed E-state index contributed by atoms with van der Waals surface area (Å²) in [5, 5.41) is 11.7. The first kappa shape index (κ1) is 16.3. The number of hydrogen-bond donors (Lipinski definition) is 1. The summed E-state index contributed by atoms with van der Waals surface area (Å²) < 4.78 is 5.71. The zero-order chi connectivity index (χ0) is 14.8. The molecule has 1 rings (SSSR count). The second-order valence-corrected chi connectivity index (χ2v) is 4.86. The molecule has 0 aliphatic rings. The Labute approximate surface area is 124 Å². The average Bonchev–Trinajstić information content (AvgIpc) is 2.43. The number of benzene rings is 1. The predicted octanol–water partition coefficient (Wildman–Crippen LogP) is 3.44. The van der Waals surface area contributed by atoms with Crippen molar-refractivity contribution in [1.82, 2.24) is 5.32 Å². The molecule has 0 unspecified atom stereocenters. The number of amides is 1. The molecular formula is C15H19ClN2O2. The summed E-state index contributed by atoms with van der Waals surface area (Å²) in [5.41, 5.74) is 0.820. The van der Waals surface area contributed by atoms with Crippen LogP contribution in [0.15, 0.2) is 18.2 Å². The third-order valence-corrected chi connectivity index (χ3v) is 2.98. The molecule has 0 saturated carbocycles. The van der Waals surface area contributed by atoms with E-state index in [-0.39, 0.29) is 12.3 Å². The molecule has 0 bridgehead atoms. The molecule has 5 heteroatoms. The van der Waals surface area contributed by atoms with Gasteiger partial charge in [0.1, 0.15) is 12.2 Å². The van der Waals surface area contributed by atoms with E-state index in [0.29, 0.717) is 18.2 Å². The summed E-state index contributed by atoms with van der Waals surface area (Å²) >= 11 is 5.96. The van der Waals surface area contributed by atoms with E-state index < -0.39 is 0 Å². The zero-order valence-electron chi connectivity index (χ0n) is 11.6. The van der Waals surface area contributed by atoms with Gasteiger partial charge >= 0.3 is 0 Å². The van der Waals surface area contributed by atoms with Crippen molar-refractivity contribution in [2.45, 2.75) is 39.2 Å². The van der Waals surface area contributed by atoms with Gasteiger partial charge in [-0.1, -0.05) is 31.4 Å². The SMILES string of the molecule is CCCCCOc1ccc(Cl)cc1CNC(=O)CC#N. The first-order valence-corrected chi connectivity index (χ1v) is 7.10. The summed E-state index contributed by atoms with van der Waals surface area (Å²) in [6.45, 7) is 3.09. The minimum atomic E-state index is -0.301. The highest BCUT2D eigenvalue weighted by Crippen LogP contribution is 2.23. The highest BCUT2D eigenvalue weighted by Gasteiger charge is 2.07. The fraction of sp³-hybridized carbons (Fsp3) is 0.467. The topological polar surface area (TPSA) is 62.1 Å². The fourth-order valence-corrected chi connectivity index (χ4v) is 1.88. The highest BCUT2D eigenvalue weighted by atomic mass is 35.5. The summed E-state index contributed by atoms with van der Waals surface area (Å²) in [7, 11) is 0. The van der Waals surface area contributed by atoms with Crippen LogP contribution < -0.4 is 10.1 Å². The van der Waals surface area contributed by atoms with Crippen molar-refractivity contribution in [3.05, 3.63) is 28.8 Å². The molecule has 0 heterocycles. The van der Waals surface area contributed by atoms with Crippen LogP contribution in [0.25, 0.3) is 0 Å². The van der Waals surface area contributed by atoms with Crippen LogP contribution in [0.5, 0.6) is 5.75 Å². The minimum absolute atomic E-state index is 0.146.